The molecule has 5 rings (SSSR count). The van der Waals surface area contributed by atoms with Gasteiger partial charge in [-0.05, 0) is 77.7 Å². The molecule has 3 fully saturated rings. The number of benzene rings is 1. The summed E-state index contributed by atoms with van der Waals surface area (Å²) < 4.78 is 12.0. The molecule has 1 spiro atoms. The molecule has 15 heteroatoms. The number of aliphatic hydroxyl groups excluding tert-OH is 5. The third-order valence-electron chi connectivity index (χ3n) is 11.1. The van der Waals surface area contributed by atoms with Crippen LogP contribution < -0.4 is 10.2 Å². The molecule has 10 atom stereocenters. The molecule has 0 saturated carbocycles. The van der Waals surface area contributed by atoms with Crippen molar-refractivity contribution in [3.8, 4) is 0 Å². The summed E-state index contributed by atoms with van der Waals surface area (Å²) in [6, 6.07) is 4.55. The summed E-state index contributed by atoms with van der Waals surface area (Å²) in [6.45, 7) is 12.1. The van der Waals surface area contributed by atoms with Gasteiger partial charge in [0.25, 0.3) is 11.8 Å². The zero-order valence-electron chi connectivity index (χ0n) is 30.9. The Labute approximate surface area is 305 Å². The monoisotopic (exact) mass is 745 g/mol. The van der Waals surface area contributed by atoms with Crippen LogP contribution in [-0.2, 0) is 29.5 Å². The number of carbonyl (C=O) groups excluding carboxylic acids is 3. The van der Waals surface area contributed by atoms with Crippen LogP contribution in [0, 0.1) is 5.92 Å². The van der Waals surface area contributed by atoms with Crippen molar-refractivity contribution >= 4 is 37.4 Å². The number of anilines is 2. The van der Waals surface area contributed by atoms with E-state index in [1.54, 1.807) is 41.1 Å². The van der Waals surface area contributed by atoms with Crippen LogP contribution in [0.15, 0.2) is 41.5 Å². The van der Waals surface area contributed by atoms with Crippen molar-refractivity contribution in [2.45, 2.75) is 127 Å². The van der Waals surface area contributed by atoms with Crippen LogP contribution >= 0.6 is 0 Å². The predicted molar refractivity (Wildman–Crippen MR) is 194 cm³/mol. The highest BCUT2D eigenvalue weighted by molar-refractivity contribution is 6.71. The quantitative estimate of drug-likeness (QED) is 0.128. The first-order valence-electron chi connectivity index (χ1n) is 18.2. The lowest BCUT2D eigenvalue weighted by Crippen LogP contribution is -2.60. The Morgan fingerprint density at radius 2 is 1.79 bits per heavy atom. The second-order valence-electron chi connectivity index (χ2n) is 15.6. The Morgan fingerprint density at radius 3 is 2.44 bits per heavy atom. The molecule has 3 saturated heterocycles. The van der Waals surface area contributed by atoms with E-state index >= 15 is 0 Å². The lowest BCUT2D eigenvalue weighted by Gasteiger charge is -2.37. The fraction of sp³-hybridized carbons (Fsp3) is 0.649. The van der Waals surface area contributed by atoms with E-state index in [0.717, 1.165) is 24.8 Å². The van der Waals surface area contributed by atoms with Crippen molar-refractivity contribution < 1.29 is 54.2 Å². The highest BCUT2D eigenvalue weighted by Crippen LogP contribution is 2.60. The Morgan fingerprint density at radius 1 is 1.08 bits per heavy atom. The van der Waals surface area contributed by atoms with Crippen molar-refractivity contribution in [1.82, 2.24) is 4.90 Å². The van der Waals surface area contributed by atoms with Gasteiger partial charge in [-0.1, -0.05) is 30.2 Å². The van der Waals surface area contributed by atoms with Gasteiger partial charge in [-0.2, -0.15) is 0 Å². The first kappa shape index (κ1) is 40.2. The molecule has 4 aliphatic heterocycles. The number of likely N-dealkylation sites (tertiary alicyclic amines) is 1. The number of carbonyl (C=O) groups is 3. The van der Waals surface area contributed by atoms with E-state index in [1.807, 2.05) is 33.8 Å². The van der Waals surface area contributed by atoms with Gasteiger partial charge in [-0.15, -0.1) is 0 Å². The van der Waals surface area contributed by atoms with Crippen LogP contribution in [-0.4, -0.2) is 124 Å². The summed E-state index contributed by atoms with van der Waals surface area (Å²) in [6.07, 6.45) is -2.74. The summed E-state index contributed by atoms with van der Waals surface area (Å²) in [7, 11) is -3.11. The average Bonchev–Trinajstić information content (AvgIpc) is 3.74. The van der Waals surface area contributed by atoms with E-state index in [2.05, 4.69) is 11.4 Å². The normalized spacial score (nSPS) is 33.5. The highest BCUT2D eigenvalue weighted by atomic mass is 28.4. The summed E-state index contributed by atoms with van der Waals surface area (Å²) in [4.78, 5) is 56.8. The summed E-state index contributed by atoms with van der Waals surface area (Å²) in [5.74, 6) is -2.07. The molecule has 4 heterocycles. The van der Waals surface area contributed by atoms with Crippen LogP contribution in [0.3, 0.4) is 0 Å². The fourth-order valence-corrected chi connectivity index (χ4v) is 11.0. The Balaban J connectivity index is 1.52. The molecule has 52 heavy (non-hydrogen) atoms. The first-order chi connectivity index (χ1) is 24.4. The zero-order chi connectivity index (χ0) is 38.3. The van der Waals surface area contributed by atoms with Gasteiger partial charge in [0.05, 0.1) is 30.9 Å². The minimum Gasteiger partial charge on any atom is -0.432 e. The van der Waals surface area contributed by atoms with Crippen LogP contribution in [0.2, 0.25) is 18.6 Å². The van der Waals surface area contributed by atoms with Gasteiger partial charge >= 0.3 is 0 Å². The Kier molecular flexibility index (Phi) is 12.2. The zero-order valence-corrected chi connectivity index (χ0v) is 31.9. The number of nitrogens with zero attached hydrogens (tertiary/aromatic N) is 2. The van der Waals surface area contributed by atoms with Gasteiger partial charge in [0.2, 0.25) is 5.91 Å². The fourth-order valence-electron chi connectivity index (χ4n) is 8.41. The van der Waals surface area contributed by atoms with E-state index in [-0.39, 0.29) is 43.1 Å². The van der Waals surface area contributed by atoms with Crippen LogP contribution in [0.1, 0.15) is 65.4 Å². The van der Waals surface area contributed by atoms with Gasteiger partial charge in [-0.3, -0.25) is 14.4 Å². The molecule has 0 unspecified atom stereocenters. The largest absolute Gasteiger partial charge is 0.432 e. The van der Waals surface area contributed by atoms with Crippen LogP contribution in [0.25, 0.3) is 0 Å². The topological polar surface area (TPSA) is 210 Å². The molecule has 0 aliphatic carbocycles. The number of hydrogen-bond donors (Lipinski definition) is 7. The maximum absolute atomic E-state index is 14.8. The molecule has 0 radical (unpaired) electrons. The van der Waals surface area contributed by atoms with Crippen molar-refractivity contribution in [2.75, 3.05) is 29.9 Å². The number of rotatable bonds is 11. The smallest absolute Gasteiger partial charge is 0.264 e. The number of amides is 3. The summed E-state index contributed by atoms with van der Waals surface area (Å²) >= 11 is 0. The predicted octanol–water partition coefficient (Wildman–Crippen LogP) is 1.64. The number of fused-ring (bicyclic) bond motifs is 2. The second-order valence-corrected chi connectivity index (χ2v) is 19.5. The van der Waals surface area contributed by atoms with Crippen molar-refractivity contribution in [2.24, 2.45) is 5.92 Å². The maximum atomic E-state index is 14.8. The van der Waals surface area contributed by atoms with Crippen molar-refractivity contribution in [3.63, 3.8) is 0 Å². The molecule has 0 aromatic heterocycles. The molecule has 14 nitrogen and oxygen atoms in total. The van der Waals surface area contributed by atoms with Crippen molar-refractivity contribution in [3.05, 3.63) is 47.1 Å². The molecule has 7 N–H and O–H groups in total. The molecule has 1 aromatic rings. The van der Waals surface area contributed by atoms with E-state index < -0.39 is 68.1 Å². The molecule has 3 amide bonds. The first-order valence-corrected chi connectivity index (χ1v) is 21.2. The Hall–Kier alpha value is -2.99. The third-order valence-corrected chi connectivity index (χ3v) is 13.6. The number of ether oxygens (including phenoxy) is 2. The number of allylic oxidation sites excluding steroid dienone is 3. The summed E-state index contributed by atoms with van der Waals surface area (Å²) in [5, 5.41) is 53.0. The number of nitrogens with one attached hydrogen (secondary N) is 1. The van der Waals surface area contributed by atoms with E-state index in [4.69, 9.17) is 9.47 Å². The minimum absolute atomic E-state index is 0.0833. The van der Waals surface area contributed by atoms with Crippen LogP contribution in [0.5, 0.6) is 0 Å². The Bertz CT molecular complexity index is 1580. The second kappa shape index (κ2) is 15.8. The molecule has 0 bridgehead atoms. The third kappa shape index (κ3) is 7.65. The number of hydrogen-bond acceptors (Lipinski definition) is 11. The minimum atomic E-state index is -3.11. The molecule has 1 aromatic carbocycles. The van der Waals surface area contributed by atoms with Crippen molar-refractivity contribution in [1.29, 1.82) is 0 Å². The lowest BCUT2D eigenvalue weighted by molar-refractivity contribution is -0.274. The molecular weight excluding hydrogens is 691 g/mol. The molecule has 4 aliphatic rings. The van der Waals surface area contributed by atoms with E-state index in [9.17, 15) is 44.7 Å². The van der Waals surface area contributed by atoms with Gasteiger partial charge in [0.1, 0.15) is 18.3 Å². The van der Waals surface area contributed by atoms with Crippen LogP contribution in [0.4, 0.5) is 11.4 Å². The van der Waals surface area contributed by atoms with E-state index in [0.29, 0.717) is 24.2 Å². The molecule has 288 valence electrons. The van der Waals surface area contributed by atoms with Gasteiger partial charge in [0, 0.05) is 35.8 Å². The summed E-state index contributed by atoms with van der Waals surface area (Å²) in [5.41, 5.74) is 1.32. The molecular formula is C37H55N3O11Si. The van der Waals surface area contributed by atoms with Gasteiger partial charge in [0.15, 0.2) is 26.3 Å². The average molecular weight is 746 g/mol. The van der Waals surface area contributed by atoms with Gasteiger partial charge in [-0.25, -0.2) is 0 Å². The standard InChI is InChI=1S/C37H55N3O11Si/c1-20(2)9-7-10-21(3)14-16-40-26-13-12-23(38-34(46)32-30(44)29(43)31(45)35(47)50-32)17-25(26)37(36(40)48)22(4)33(52(5,6)49)27(51-37)18-28(42)39-15-8-11-24(39)19-41/h9,12-14,17,22,24,27,29-33,35,41,43-45,47,49H,7-8,10-11,15-16,18-19H2,1-6H3,(H,38,46)/b21-14+/t22-,24-,27+,29-,30-,31+,32-,33-,35+,37+/m0/s1. The number of aliphatic hydroxyl groups is 5. The lowest BCUT2D eigenvalue weighted by atomic mass is 9.82. The highest BCUT2D eigenvalue weighted by Gasteiger charge is 2.66. The maximum Gasteiger partial charge on any atom is 0.264 e. The van der Waals surface area contributed by atoms with Gasteiger partial charge < -0.3 is 54.9 Å². The van der Waals surface area contributed by atoms with E-state index in [1.165, 1.54) is 5.57 Å². The SMILES string of the molecule is CC(C)=CCC/C(C)=C/CN1C(=O)[C@]2(O[C@H](CC(=O)N3CCC[C@H]3CO)[C@@H]([Si](C)(C)O)[C@@H]2C)c2cc(NC(=O)[C@H]3O[C@@H](O)[C@H](O)[C@@H](O)[C@@H]3O)ccc21.